The largest absolute Gasteiger partial charge is 0.135 e. The molecule has 0 saturated heterocycles. The maximum Gasteiger partial charge on any atom is 0.0362 e. The lowest BCUT2D eigenvalue weighted by molar-refractivity contribution is 1.63. The van der Waals surface area contributed by atoms with E-state index in [-0.39, 0.29) is 0 Å². The molecule has 0 amide bonds. The Balaban J connectivity index is 1.10. The summed E-state index contributed by atoms with van der Waals surface area (Å²) in [6.45, 7) is 0. The van der Waals surface area contributed by atoms with Crippen molar-refractivity contribution >= 4 is 95.3 Å². The van der Waals surface area contributed by atoms with E-state index in [2.05, 4.69) is 170 Å². The minimum absolute atomic E-state index is 1.23. The molecule has 50 heavy (non-hydrogen) atoms. The van der Waals surface area contributed by atoms with Gasteiger partial charge in [-0.3, -0.25) is 0 Å². The first kappa shape index (κ1) is 28.1. The maximum absolute atomic E-state index is 2.42. The van der Waals surface area contributed by atoms with Gasteiger partial charge in [-0.25, -0.2) is 0 Å². The summed E-state index contributed by atoms with van der Waals surface area (Å²) in [4.78, 5) is 0. The lowest BCUT2D eigenvalue weighted by atomic mass is 9.85. The van der Waals surface area contributed by atoms with Crippen LogP contribution in [0.2, 0.25) is 0 Å². The van der Waals surface area contributed by atoms with Crippen LogP contribution in [-0.4, -0.2) is 0 Å². The molecule has 0 bridgehead atoms. The summed E-state index contributed by atoms with van der Waals surface area (Å²) in [7, 11) is 0. The van der Waals surface area contributed by atoms with E-state index < -0.39 is 0 Å². The van der Waals surface area contributed by atoms with Gasteiger partial charge in [0.05, 0.1) is 0 Å². The van der Waals surface area contributed by atoms with Crippen LogP contribution in [0.3, 0.4) is 0 Å². The van der Waals surface area contributed by atoms with Gasteiger partial charge in [0.1, 0.15) is 0 Å². The minimum Gasteiger partial charge on any atom is -0.135 e. The Morgan fingerprint density at radius 3 is 1.42 bits per heavy atom. The molecule has 0 aliphatic carbocycles. The molecule has 2 heterocycles. The highest BCUT2D eigenvalue weighted by molar-refractivity contribution is 7.27. The van der Waals surface area contributed by atoms with Crippen molar-refractivity contribution in [2.75, 3.05) is 0 Å². The molecule has 0 saturated carbocycles. The number of thiophene rings is 2. The smallest absolute Gasteiger partial charge is 0.0362 e. The Labute approximate surface area is 297 Å². The molecule has 11 rings (SSSR count). The molecule has 0 fully saturated rings. The van der Waals surface area contributed by atoms with Crippen LogP contribution in [-0.2, 0) is 0 Å². The third-order valence-electron chi connectivity index (χ3n) is 10.4. The second-order valence-corrected chi connectivity index (χ2v) is 15.4. The molecule has 11 aromatic rings. The summed E-state index contributed by atoms with van der Waals surface area (Å²) < 4.78 is 5.40. The first-order valence-corrected chi connectivity index (χ1v) is 18.7. The van der Waals surface area contributed by atoms with Gasteiger partial charge in [-0.2, -0.15) is 0 Å². The van der Waals surface area contributed by atoms with Crippen LogP contribution in [0.25, 0.3) is 106 Å². The normalized spacial score (nSPS) is 12.0. The Kier molecular flexibility index (Phi) is 6.09. The van der Waals surface area contributed by atoms with Crippen LogP contribution >= 0.6 is 22.7 Å². The molecule has 9 aromatic carbocycles. The highest BCUT2D eigenvalue weighted by Gasteiger charge is 2.18. The second kappa shape index (κ2) is 10.9. The number of rotatable bonds is 3. The van der Waals surface area contributed by atoms with Gasteiger partial charge < -0.3 is 0 Å². The highest BCUT2D eigenvalue weighted by atomic mass is 32.1. The van der Waals surface area contributed by atoms with Gasteiger partial charge in [0.2, 0.25) is 0 Å². The molecule has 0 aliphatic heterocycles. The average Bonchev–Trinajstić information content (AvgIpc) is 3.72. The van der Waals surface area contributed by atoms with Gasteiger partial charge >= 0.3 is 0 Å². The molecule has 0 radical (unpaired) electrons. The fourth-order valence-corrected chi connectivity index (χ4v) is 10.4. The van der Waals surface area contributed by atoms with Crippen molar-refractivity contribution in [1.82, 2.24) is 0 Å². The number of hydrogen-bond donors (Lipinski definition) is 0. The predicted molar refractivity (Wildman–Crippen MR) is 221 cm³/mol. The van der Waals surface area contributed by atoms with E-state index in [0.717, 1.165) is 0 Å². The summed E-state index contributed by atoms with van der Waals surface area (Å²) in [6.07, 6.45) is 0. The first-order chi connectivity index (χ1) is 24.8. The van der Waals surface area contributed by atoms with Crippen LogP contribution in [0.4, 0.5) is 0 Å². The van der Waals surface area contributed by atoms with Crippen molar-refractivity contribution in [3.63, 3.8) is 0 Å². The van der Waals surface area contributed by atoms with Crippen molar-refractivity contribution in [3.8, 4) is 33.4 Å². The van der Waals surface area contributed by atoms with Crippen LogP contribution in [0, 0.1) is 0 Å². The Morgan fingerprint density at radius 1 is 0.240 bits per heavy atom. The highest BCUT2D eigenvalue weighted by Crippen LogP contribution is 2.46. The minimum atomic E-state index is 1.23. The fourth-order valence-electron chi connectivity index (χ4n) is 8.12. The van der Waals surface area contributed by atoms with E-state index in [9.17, 15) is 0 Å². The Morgan fingerprint density at radius 2 is 0.720 bits per heavy atom. The third-order valence-corrected chi connectivity index (χ3v) is 12.7. The second-order valence-electron chi connectivity index (χ2n) is 13.2. The summed E-state index contributed by atoms with van der Waals surface area (Å²) >= 11 is 3.79. The molecule has 2 heteroatoms. The van der Waals surface area contributed by atoms with Crippen LogP contribution in [0.1, 0.15) is 0 Å². The van der Waals surface area contributed by atoms with Crippen LogP contribution in [0.15, 0.2) is 170 Å². The Bertz CT molecular complexity index is 3100. The molecule has 0 aliphatic rings. The van der Waals surface area contributed by atoms with Crippen LogP contribution in [0.5, 0.6) is 0 Å². The fraction of sp³-hybridized carbons (Fsp3) is 0. The molecule has 0 nitrogen and oxygen atoms in total. The standard InChI is InChI=1S/C48H28S2/c1-2-11-30-24-34(21-20-29(30)10-1)48-38-17-5-3-15-36(38)47(37-16-4-6-18-39(37)48)33-13-9-12-31(25-33)32-22-23-44-40(26-32)42-28-45-41(27-46(42)50-44)35-14-7-8-19-43(35)49-45/h1-28H. The zero-order valence-electron chi connectivity index (χ0n) is 27.0. The molecule has 0 atom stereocenters. The van der Waals surface area contributed by atoms with Crippen molar-refractivity contribution < 1.29 is 0 Å². The SMILES string of the molecule is c1cc(-c2ccc3sc4cc5c(cc4c3c2)sc2ccccc25)cc(-c2c3ccccc3c(-c3ccc4ccccc4c3)c3ccccc23)c1. The summed E-state index contributed by atoms with van der Waals surface area (Å²) in [5, 5.41) is 13.0. The Hall–Kier alpha value is -5.80. The van der Waals surface area contributed by atoms with Gasteiger partial charge in [-0.05, 0) is 108 Å². The van der Waals surface area contributed by atoms with Gasteiger partial charge in [0.25, 0.3) is 0 Å². The number of benzene rings is 9. The van der Waals surface area contributed by atoms with Gasteiger partial charge in [-0.1, -0.05) is 127 Å². The maximum atomic E-state index is 2.42. The summed E-state index contributed by atoms with van der Waals surface area (Å²) in [5.74, 6) is 0. The lowest BCUT2D eigenvalue weighted by Gasteiger charge is -2.18. The van der Waals surface area contributed by atoms with E-state index in [1.54, 1.807) is 0 Å². The first-order valence-electron chi connectivity index (χ1n) is 17.1. The van der Waals surface area contributed by atoms with Crippen molar-refractivity contribution in [2.45, 2.75) is 0 Å². The van der Waals surface area contributed by atoms with E-state index >= 15 is 0 Å². The van der Waals surface area contributed by atoms with Crippen molar-refractivity contribution in [2.24, 2.45) is 0 Å². The number of hydrogen-bond acceptors (Lipinski definition) is 2. The topological polar surface area (TPSA) is 0 Å². The van der Waals surface area contributed by atoms with Crippen LogP contribution < -0.4 is 0 Å². The molecule has 0 spiro atoms. The molecular formula is C48H28S2. The van der Waals surface area contributed by atoms with E-state index in [1.807, 2.05) is 22.7 Å². The van der Waals surface area contributed by atoms with Crippen molar-refractivity contribution in [1.29, 1.82) is 0 Å². The zero-order valence-corrected chi connectivity index (χ0v) is 28.6. The predicted octanol–water partition coefficient (Wildman–Crippen LogP) is 14.9. The summed E-state index contributed by atoms with van der Waals surface area (Å²) in [6, 6.07) is 63.2. The molecule has 0 unspecified atom stereocenters. The van der Waals surface area contributed by atoms with Crippen molar-refractivity contribution in [3.05, 3.63) is 170 Å². The van der Waals surface area contributed by atoms with Gasteiger partial charge in [-0.15, -0.1) is 22.7 Å². The van der Waals surface area contributed by atoms with E-state index in [1.165, 1.54) is 106 Å². The molecule has 2 aromatic heterocycles. The van der Waals surface area contributed by atoms with E-state index in [4.69, 9.17) is 0 Å². The molecular weight excluding hydrogens is 641 g/mol. The quantitative estimate of drug-likeness (QED) is 0.164. The average molecular weight is 669 g/mol. The van der Waals surface area contributed by atoms with E-state index in [0.29, 0.717) is 0 Å². The van der Waals surface area contributed by atoms with Gasteiger partial charge in [0, 0.05) is 40.3 Å². The third kappa shape index (κ3) is 4.23. The zero-order chi connectivity index (χ0) is 32.8. The monoisotopic (exact) mass is 668 g/mol. The molecule has 0 N–H and O–H groups in total. The molecule has 232 valence electrons. The summed E-state index contributed by atoms with van der Waals surface area (Å²) in [5.41, 5.74) is 7.55. The number of fused-ring (bicyclic) bond motifs is 9. The lowest BCUT2D eigenvalue weighted by Crippen LogP contribution is -1.91. The van der Waals surface area contributed by atoms with Gasteiger partial charge in [0.15, 0.2) is 0 Å².